The summed E-state index contributed by atoms with van der Waals surface area (Å²) in [6.45, 7) is 3.57. The second-order valence-electron chi connectivity index (χ2n) is 3.95. The van der Waals surface area contributed by atoms with Crippen molar-refractivity contribution >= 4 is 27.1 Å². The first-order valence-electron chi connectivity index (χ1n) is 4.93. The molecule has 92 valence electrons. The van der Waals surface area contributed by atoms with Crippen LogP contribution >= 0.6 is 0 Å². The molecule has 0 fully saturated rings. The summed E-state index contributed by atoms with van der Waals surface area (Å²) >= 11 is 0. The zero-order valence-corrected chi connectivity index (χ0v) is 10.6. The third kappa shape index (κ3) is 2.19. The zero-order valence-electron chi connectivity index (χ0n) is 9.73. The fourth-order valence-electron chi connectivity index (χ4n) is 1.69. The molecule has 7 heteroatoms. The van der Waals surface area contributed by atoms with Crippen molar-refractivity contribution in [3.8, 4) is 5.75 Å². The van der Waals surface area contributed by atoms with Gasteiger partial charge in [0.15, 0.2) is 5.95 Å². The van der Waals surface area contributed by atoms with Gasteiger partial charge >= 0.3 is 10.1 Å². The number of imidazole rings is 1. The van der Waals surface area contributed by atoms with Crippen molar-refractivity contribution in [1.29, 1.82) is 0 Å². The molecule has 0 atom stereocenters. The van der Waals surface area contributed by atoms with Crippen LogP contribution in [0.5, 0.6) is 5.75 Å². The summed E-state index contributed by atoms with van der Waals surface area (Å²) in [4.78, 5) is 7.01. The number of nitrogens with zero attached hydrogens (tertiary/aromatic N) is 1. The largest absolute Gasteiger partial charge is 0.382 e. The number of nitrogen functional groups attached to an aromatic ring is 1. The summed E-state index contributed by atoms with van der Waals surface area (Å²) in [7, 11) is -3.54. The van der Waals surface area contributed by atoms with E-state index in [1.165, 1.54) is 0 Å². The molecule has 6 nitrogen and oxygen atoms in total. The second-order valence-corrected chi connectivity index (χ2v) is 5.52. The van der Waals surface area contributed by atoms with Gasteiger partial charge in [-0.15, -0.1) is 0 Å². The molecule has 0 spiro atoms. The fraction of sp³-hybridized carbons (Fsp3) is 0.300. The minimum Gasteiger partial charge on any atom is -0.382 e. The summed E-state index contributed by atoms with van der Waals surface area (Å²) in [5.74, 6) is 0.587. The normalized spacial score (nSPS) is 11.9. The van der Waals surface area contributed by atoms with Crippen LogP contribution in [-0.2, 0) is 10.1 Å². The van der Waals surface area contributed by atoms with E-state index in [9.17, 15) is 8.42 Å². The van der Waals surface area contributed by atoms with Crippen molar-refractivity contribution in [2.45, 2.75) is 13.8 Å². The van der Waals surface area contributed by atoms with E-state index in [2.05, 4.69) is 9.97 Å². The van der Waals surface area contributed by atoms with Gasteiger partial charge in [0.1, 0.15) is 5.75 Å². The van der Waals surface area contributed by atoms with Gasteiger partial charge in [-0.3, -0.25) is 0 Å². The standard InChI is InChI=1S/C10H13N3O3S/c1-5-4-7(16-17(3,14)15)6(2)9-8(5)12-10(11)13-9/h4H,1-3H3,(H3,11,12,13). The van der Waals surface area contributed by atoms with Gasteiger partial charge < -0.3 is 14.9 Å². The molecule has 0 saturated heterocycles. The molecule has 0 saturated carbocycles. The second kappa shape index (κ2) is 3.63. The molecular formula is C10H13N3O3S. The molecule has 17 heavy (non-hydrogen) atoms. The Balaban J connectivity index is 2.70. The first kappa shape index (κ1) is 11.7. The lowest BCUT2D eigenvalue weighted by molar-refractivity contribution is 0.491. The van der Waals surface area contributed by atoms with E-state index in [0.29, 0.717) is 22.8 Å². The van der Waals surface area contributed by atoms with Crippen molar-refractivity contribution in [1.82, 2.24) is 9.97 Å². The zero-order chi connectivity index (χ0) is 12.8. The Morgan fingerprint density at radius 3 is 2.65 bits per heavy atom. The molecule has 3 N–H and O–H groups in total. The lowest BCUT2D eigenvalue weighted by Crippen LogP contribution is -2.07. The highest BCUT2D eigenvalue weighted by molar-refractivity contribution is 7.86. The number of rotatable bonds is 2. The van der Waals surface area contributed by atoms with Gasteiger partial charge in [-0.25, -0.2) is 4.98 Å². The Bertz CT molecular complexity index is 688. The number of benzene rings is 1. The summed E-state index contributed by atoms with van der Waals surface area (Å²) < 4.78 is 27.2. The molecule has 0 aliphatic heterocycles. The molecule has 1 aromatic heterocycles. The van der Waals surface area contributed by atoms with E-state index in [-0.39, 0.29) is 0 Å². The molecule has 1 heterocycles. The number of nitrogens with two attached hydrogens (primary N) is 1. The Hall–Kier alpha value is -1.76. The number of fused-ring (bicyclic) bond motifs is 1. The highest BCUT2D eigenvalue weighted by Gasteiger charge is 2.14. The number of hydrogen-bond acceptors (Lipinski definition) is 5. The van der Waals surface area contributed by atoms with E-state index in [4.69, 9.17) is 9.92 Å². The van der Waals surface area contributed by atoms with E-state index in [0.717, 1.165) is 17.3 Å². The molecule has 1 aromatic carbocycles. The van der Waals surface area contributed by atoms with Crippen LogP contribution in [0, 0.1) is 13.8 Å². The topological polar surface area (TPSA) is 98.1 Å². The SMILES string of the molecule is Cc1cc(OS(C)(=O)=O)c(C)c2[nH]c(N)nc12. The molecule has 2 rings (SSSR count). The number of aromatic nitrogens is 2. The van der Waals surface area contributed by atoms with E-state index in [1.54, 1.807) is 13.0 Å². The fourth-order valence-corrected chi connectivity index (χ4v) is 2.19. The quantitative estimate of drug-likeness (QED) is 0.783. The Kier molecular flexibility index (Phi) is 2.50. The lowest BCUT2D eigenvalue weighted by Gasteiger charge is -2.08. The van der Waals surface area contributed by atoms with E-state index < -0.39 is 10.1 Å². The minimum atomic E-state index is -3.54. The predicted molar refractivity (Wildman–Crippen MR) is 65.5 cm³/mol. The Morgan fingerprint density at radius 1 is 1.41 bits per heavy atom. The van der Waals surface area contributed by atoms with Crippen molar-refractivity contribution < 1.29 is 12.6 Å². The Labute approximate surface area is 98.9 Å². The maximum absolute atomic E-state index is 11.1. The molecule has 0 radical (unpaired) electrons. The van der Waals surface area contributed by atoms with E-state index >= 15 is 0 Å². The van der Waals surface area contributed by atoms with Gasteiger partial charge in [0.25, 0.3) is 0 Å². The maximum Gasteiger partial charge on any atom is 0.306 e. The van der Waals surface area contributed by atoms with Gasteiger partial charge in [0.2, 0.25) is 0 Å². The highest BCUT2D eigenvalue weighted by atomic mass is 32.2. The molecular weight excluding hydrogens is 242 g/mol. The molecule has 0 amide bonds. The van der Waals surface area contributed by atoms with Gasteiger partial charge in [-0.1, -0.05) is 0 Å². The van der Waals surface area contributed by atoms with Crippen LogP contribution < -0.4 is 9.92 Å². The third-order valence-electron chi connectivity index (χ3n) is 2.43. The number of aromatic amines is 1. The molecule has 0 unspecified atom stereocenters. The van der Waals surface area contributed by atoms with E-state index in [1.807, 2.05) is 6.92 Å². The summed E-state index contributed by atoms with van der Waals surface area (Å²) in [5, 5.41) is 0. The van der Waals surface area contributed by atoms with Gasteiger partial charge in [0.05, 0.1) is 17.3 Å². The molecule has 2 aromatic rings. The van der Waals surface area contributed by atoms with Crippen LogP contribution in [0.15, 0.2) is 6.07 Å². The molecule has 0 aliphatic rings. The average molecular weight is 255 g/mol. The highest BCUT2D eigenvalue weighted by Crippen LogP contribution is 2.30. The van der Waals surface area contributed by atoms with Crippen LogP contribution in [0.25, 0.3) is 11.0 Å². The van der Waals surface area contributed by atoms with Crippen LogP contribution in [0.3, 0.4) is 0 Å². The van der Waals surface area contributed by atoms with Crippen molar-refractivity contribution in [2.75, 3.05) is 12.0 Å². The predicted octanol–water partition coefficient (Wildman–Crippen LogP) is 1.10. The first-order valence-corrected chi connectivity index (χ1v) is 6.74. The Morgan fingerprint density at radius 2 is 2.06 bits per heavy atom. The number of anilines is 1. The number of H-pyrrole nitrogens is 1. The van der Waals surface area contributed by atoms with Gasteiger partial charge in [-0.05, 0) is 25.5 Å². The van der Waals surface area contributed by atoms with Crippen LogP contribution in [0.2, 0.25) is 0 Å². The first-order chi connectivity index (χ1) is 7.78. The van der Waals surface area contributed by atoms with Crippen molar-refractivity contribution in [2.24, 2.45) is 0 Å². The summed E-state index contributed by atoms with van der Waals surface area (Å²) in [5.41, 5.74) is 8.47. The lowest BCUT2D eigenvalue weighted by atomic mass is 10.1. The van der Waals surface area contributed by atoms with Crippen LogP contribution in [0.1, 0.15) is 11.1 Å². The monoisotopic (exact) mass is 255 g/mol. The number of nitrogens with one attached hydrogen (secondary N) is 1. The molecule has 0 bridgehead atoms. The van der Waals surface area contributed by atoms with Crippen LogP contribution in [-0.4, -0.2) is 24.6 Å². The van der Waals surface area contributed by atoms with Crippen LogP contribution in [0.4, 0.5) is 5.95 Å². The van der Waals surface area contributed by atoms with Crippen molar-refractivity contribution in [3.63, 3.8) is 0 Å². The average Bonchev–Trinajstić information content (AvgIpc) is 2.54. The summed E-state index contributed by atoms with van der Waals surface area (Å²) in [6, 6.07) is 1.64. The molecule has 0 aliphatic carbocycles. The smallest absolute Gasteiger partial charge is 0.306 e. The van der Waals surface area contributed by atoms with Crippen molar-refractivity contribution in [3.05, 3.63) is 17.2 Å². The van der Waals surface area contributed by atoms with Gasteiger partial charge in [0, 0.05) is 5.56 Å². The summed E-state index contributed by atoms with van der Waals surface area (Å²) in [6.07, 6.45) is 1.01. The minimum absolute atomic E-state index is 0.293. The maximum atomic E-state index is 11.1. The third-order valence-corrected chi connectivity index (χ3v) is 2.91. The number of hydrogen-bond donors (Lipinski definition) is 2. The van der Waals surface area contributed by atoms with Gasteiger partial charge in [-0.2, -0.15) is 8.42 Å². The number of aryl methyl sites for hydroxylation is 2.